The molecule has 4 heteroatoms. The van der Waals surface area contributed by atoms with Gasteiger partial charge < -0.3 is 5.32 Å². The average molecular weight is 290 g/mol. The molecule has 0 bridgehead atoms. The van der Waals surface area contributed by atoms with E-state index in [1.165, 1.54) is 4.88 Å². The Hall–Kier alpha value is -0.350. The molecular formula is C11H16BrNOS. The number of thiophene rings is 1. The number of nitrogens with one attached hydrogen (secondary N) is 1. The monoisotopic (exact) mass is 289 g/mol. The summed E-state index contributed by atoms with van der Waals surface area (Å²) in [5.41, 5.74) is 0. The average Bonchev–Trinajstić information content (AvgIpc) is 2.61. The molecule has 1 amide bonds. The summed E-state index contributed by atoms with van der Waals surface area (Å²) in [5.74, 6) is 0.278. The van der Waals surface area contributed by atoms with Crippen molar-refractivity contribution in [2.45, 2.75) is 33.2 Å². The standard InChI is InChI=1S/C11H16BrNOS/c1-3-4-8(2)11(14)13-7-9-5-6-10(12)15-9/h5-6,8H,3-4,7H2,1-2H3,(H,13,14). The molecule has 2 nitrogen and oxygen atoms in total. The highest BCUT2D eigenvalue weighted by Crippen LogP contribution is 2.21. The number of carbonyl (C=O) groups excluding carboxylic acids is 1. The molecule has 1 aromatic rings. The zero-order valence-electron chi connectivity index (χ0n) is 9.05. The maximum Gasteiger partial charge on any atom is 0.223 e. The van der Waals surface area contributed by atoms with Crippen LogP contribution in [-0.4, -0.2) is 5.91 Å². The van der Waals surface area contributed by atoms with Crippen molar-refractivity contribution in [3.63, 3.8) is 0 Å². The van der Waals surface area contributed by atoms with Gasteiger partial charge in [0.25, 0.3) is 0 Å². The number of carbonyl (C=O) groups is 1. The van der Waals surface area contributed by atoms with Gasteiger partial charge in [-0.3, -0.25) is 4.79 Å². The van der Waals surface area contributed by atoms with E-state index in [2.05, 4.69) is 28.2 Å². The molecular weight excluding hydrogens is 274 g/mol. The van der Waals surface area contributed by atoms with Gasteiger partial charge in [-0.15, -0.1) is 11.3 Å². The molecule has 1 N–H and O–H groups in total. The highest BCUT2D eigenvalue weighted by Gasteiger charge is 2.11. The van der Waals surface area contributed by atoms with E-state index in [9.17, 15) is 4.79 Å². The van der Waals surface area contributed by atoms with E-state index in [0.717, 1.165) is 16.6 Å². The van der Waals surface area contributed by atoms with Gasteiger partial charge in [-0.05, 0) is 34.5 Å². The van der Waals surface area contributed by atoms with E-state index in [0.29, 0.717) is 6.54 Å². The first-order valence-corrected chi connectivity index (χ1v) is 6.76. The smallest absolute Gasteiger partial charge is 0.223 e. The van der Waals surface area contributed by atoms with Gasteiger partial charge in [0, 0.05) is 10.8 Å². The lowest BCUT2D eigenvalue weighted by Crippen LogP contribution is -2.28. The number of hydrogen-bond donors (Lipinski definition) is 1. The highest BCUT2D eigenvalue weighted by molar-refractivity contribution is 9.11. The lowest BCUT2D eigenvalue weighted by Gasteiger charge is -2.09. The third-order valence-corrected chi connectivity index (χ3v) is 3.86. The molecule has 1 atom stereocenters. The Morgan fingerprint density at radius 2 is 2.33 bits per heavy atom. The lowest BCUT2D eigenvalue weighted by atomic mass is 10.1. The van der Waals surface area contributed by atoms with E-state index in [4.69, 9.17) is 0 Å². The predicted molar refractivity (Wildman–Crippen MR) is 67.9 cm³/mol. The molecule has 0 aliphatic heterocycles. The van der Waals surface area contributed by atoms with Gasteiger partial charge in [0.05, 0.1) is 10.3 Å². The maximum absolute atomic E-state index is 11.6. The Bertz CT molecular complexity index is 324. The Morgan fingerprint density at radius 1 is 1.60 bits per heavy atom. The van der Waals surface area contributed by atoms with Crippen LogP contribution in [-0.2, 0) is 11.3 Å². The summed E-state index contributed by atoms with van der Waals surface area (Å²) in [6, 6.07) is 4.03. The van der Waals surface area contributed by atoms with Gasteiger partial charge in [-0.1, -0.05) is 20.3 Å². The van der Waals surface area contributed by atoms with Gasteiger partial charge in [0.2, 0.25) is 5.91 Å². The fourth-order valence-corrected chi connectivity index (χ4v) is 2.78. The van der Waals surface area contributed by atoms with Crippen molar-refractivity contribution in [1.82, 2.24) is 5.32 Å². The van der Waals surface area contributed by atoms with Crippen LogP contribution in [0.2, 0.25) is 0 Å². The fraction of sp³-hybridized carbons (Fsp3) is 0.545. The SMILES string of the molecule is CCCC(C)C(=O)NCc1ccc(Br)s1. The summed E-state index contributed by atoms with van der Waals surface area (Å²) in [4.78, 5) is 12.8. The zero-order chi connectivity index (χ0) is 11.3. The van der Waals surface area contributed by atoms with Crippen LogP contribution in [0.15, 0.2) is 15.9 Å². The zero-order valence-corrected chi connectivity index (χ0v) is 11.5. The molecule has 0 aliphatic carbocycles. The first-order chi connectivity index (χ1) is 7.13. The minimum atomic E-state index is 0.124. The Kier molecular flexibility index (Phi) is 5.32. The van der Waals surface area contributed by atoms with E-state index in [-0.39, 0.29) is 11.8 Å². The van der Waals surface area contributed by atoms with Gasteiger partial charge in [0.15, 0.2) is 0 Å². The third-order valence-electron chi connectivity index (χ3n) is 2.23. The van der Waals surface area contributed by atoms with Crippen LogP contribution in [0.4, 0.5) is 0 Å². The molecule has 0 saturated carbocycles. The summed E-state index contributed by atoms with van der Waals surface area (Å²) in [5, 5.41) is 2.95. The number of rotatable bonds is 5. The first kappa shape index (κ1) is 12.7. The molecule has 1 heterocycles. The van der Waals surface area contributed by atoms with E-state index in [1.54, 1.807) is 11.3 Å². The van der Waals surface area contributed by atoms with Crippen molar-refractivity contribution in [1.29, 1.82) is 0 Å². The molecule has 1 unspecified atom stereocenters. The molecule has 0 aliphatic rings. The second-order valence-electron chi connectivity index (χ2n) is 3.61. The Morgan fingerprint density at radius 3 is 2.87 bits per heavy atom. The molecule has 1 rings (SSSR count). The number of amides is 1. The first-order valence-electron chi connectivity index (χ1n) is 5.15. The Balaban J connectivity index is 2.34. The van der Waals surface area contributed by atoms with Gasteiger partial charge in [-0.2, -0.15) is 0 Å². The molecule has 0 aromatic carbocycles. The molecule has 1 aromatic heterocycles. The summed E-state index contributed by atoms with van der Waals surface area (Å²) in [7, 11) is 0. The molecule has 15 heavy (non-hydrogen) atoms. The van der Waals surface area contributed by atoms with Crippen molar-refractivity contribution in [3.8, 4) is 0 Å². The quantitative estimate of drug-likeness (QED) is 0.882. The van der Waals surface area contributed by atoms with E-state index in [1.807, 2.05) is 19.1 Å². The topological polar surface area (TPSA) is 29.1 Å². The molecule has 0 saturated heterocycles. The number of halogens is 1. The van der Waals surface area contributed by atoms with Crippen LogP contribution in [0.25, 0.3) is 0 Å². The van der Waals surface area contributed by atoms with Crippen LogP contribution in [0.1, 0.15) is 31.6 Å². The normalized spacial score (nSPS) is 12.5. The summed E-state index contributed by atoms with van der Waals surface area (Å²) >= 11 is 5.06. The van der Waals surface area contributed by atoms with Crippen LogP contribution >= 0.6 is 27.3 Å². The van der Waals surface area contributed by atoms with Crippen LogP contribution in [0.3, 0.4) is 0 Å². The molecule has 84 valence electrons. The van der Waals surface area contributed by atoms with E-state index >= 15 is 0 Å². The minimum Gasteiger partial charge on any atom is -0.351 e. The van der Waals surface area contributed by atoms with Crippen LogP contribution in [0, 0.1) is 5.92 Å². The molecule has 0 spiro atoms. The van der Waals surface area contributed by atoms with Crippen molar-refractivity contribution in [3.05, 3.63) is 20.8 Å². The van der Waals surface area contributed by atoms with Gasteiger partial charge >= 0.3 is 0 Å². The van der Waals surface area contributed by atoms with Crippen LogP contribution < -0.4 is 5.32 Å². The summed E-state index contributed by atoms with van der Waals surface area (Å²) in [6.45, 7) is 4.71. The highest BCUT2D eigenvalue weighted by atomic mass is 79.9. The maximum atomic E-state index is 11.6. The molecule has 0 radical (unpaired) electrons. The van der Waals surface area contributed by atoms with Crippen LogP contribution in [0.5, 0.6) is 0 Å². The third kappa shape index (κ3) is 4.34. The van der Waals surface area contributed by atoms with Crippen molar-refractivity contribution < 1.29 is 4.79 Å². The van der Waals surface area contributed by atoms with Crippen molar-refractivity contribution in [2.75, 3.05) is 0 Å². The fourth-order valence-electron chi connectivity index (χ4n) is 1.36. The second-order valence-corrected chi connectivity index (χ2v) is 6.16. The van der Waals surface area contributed by atoms with E-state index < -0.39 is 0 Å². The Labute approximate surface area is 103 Å². The van der Waals surface area contributed by atoms with Gasteiger partial charge in [-0.25, -0.2) is 0 Å². The molecule has 0 fully saturated rings. The van der Waals surface area contributed by atoms with Crippen molar-refractivity contribution in [2.24, 2.45) is 5.92 Å². The predicted octanol–water partition coefficient (Wildman–Crippen LogP) is 3.56. The summed E-state index contributed by atoms with van der Waals surface area (Å²) in [6.07, 6.45) is 2.01. The second kappa shape index (κ2) is 6.28. The van der Waals surface area contributed by atoms with Crippen molar-refractivity contribution >= 4 is 33.2 Å². The van der Waals surface area contributed by atoms with Gasteiger partial charge in [0.1, 0.15) is 0 Å². The largest absolute Gasteiger partial charge is 0.351 e. The minimum absolute atomic E-state index is 0.124. The lowest BCUT2D eigenvalue weighted by molar-refractivity contribution is -0.124. The number of hydrogen-bond acceptors (Lipinski definition) is 2. The summed E-state index contributed by atoms with van der Waals surface area (Å²) < 4.78 is 1.10.